The molecular weight excluding hydrogens is 446 g/mol. The highest BCUT2D eigenvalue weighted by atomic mass is 16.5. The number of nitrogens with zero attached hydrogens (tertiary/aromatic N) is 2. The standard InChI is InChI=1S/C27H31N3O5/c1-35-23-9-6-20(7-10-23)16-24(27(33)34)29-25(31)17-21-12-14-30(15-13-21)26(32)11-8-19-2-4-22(18-28)5-3-19/h2-7,9-10,21,24H,8,11-17H2,1H3,(H,29,31)(H,33,34). The summed E-state index contributed by atoms with van der Waals surface area (Å²) in [5, 5.41) is 21.1. The van der Waals surface area contributed by atoms with Crippen LogP contribution in [-0.2, 0) is 27.2 Å². The van der Waals surface area contributed by atoms with Gasteiger partial charge in [-0.05, 0) is 60.6 Å². The van der Waals surface area contributed by atoms with Crippen LogP contribution in [0.2, 0.25) is 0 Å². The van der Waals surface area contributed by atoms with Crippen molar-refractivity contribution in [3.63, 3.8) is 0 Å². The van der Waals surface area contributed by atoms with E-state index in [9.17, 15) is 19.5 Å². The van der Waals surface area contributed by atoms with Crippen LogP contribution in [0.5, 0.6) is 5.75 Å². The molecule has 1 fully saturated rings. The van der Waals surface area contributed by atoms with Crippen molar-refractivity contribution in [1.29, 1.82) is 5.26 Å². The van der Waals surface area contributed by atoms with E-state index in [4.69, 9.17) is 10.00 Å². The van der Waals surface area contributed by atoms with E-state index in [2.05, 4.69) is 11.4 Å². The van der Waals surface area contributed by atoms with Gasteiger partial charge in [-0.2, -0.15) is 5.26 Å². The summed E-state index contributed by atoms with van der Waals surface area (Å²) in [6.45, 7) is 1.19. The molecule has 0 spiro atoms. The van der Waals surface area contributed by atoms with E-state index in [0.717, 1.165) is 11.1 Å². The van der Waals surface area contributed by atoms with Crippen molar-refractivity contribution in [2.45, 2.75) is 44.6 Å². The van der Waals surface area contributed by atoms with Crippen molar-refractivity contribution >= 4 is 17.8 Å². The molecule has 0 saturated carbocycles. The lowest BCUT2D eigenvalue weighted by molar-refractivity contribution is -0.142. The van der Waals surface area contributed by atoms with Gasteiger partial charge in [0, 0.05) is 32.4 Å². The van der Waals surface area contributed by atoms with E-state index >= 15 is 0 Å². The summed E-state index contributed by atoms with van der Waals surface area (Å²) >= 11 is 0. The van der Waals surface area contributed by atoms with Crippen LogP contribution in [0.15, 0.2) is 48.5 Å². The Balaban J connectivity index is 1.41. The highest BCUT2D eigenvalue weighted by molar-refractivity contribution is 5.84. The molecule has 0 bridgehead atoms. The first-order chi connectivity index (χ1) is 16.9. The van der Waals surface area contributed by atoms with Crippen LogP contribution in [0.1, 0.15) is 42.4 Å². The van der Waals surface area contributed by atoms with Gasteiger partial charge in [-0.3, -0.25) is 9.59 Å². The fourth-order valence-corrected chi connectivity index (χ4v) is 4.25. The molecule has 1 aliphatic rings. The summed E-state index contributed by atoms with van der Waals surface area (Å²) < 4.78 is 5.11. The van der Waals surface area contributed by atoms with E-state index in [1.165, 1.54) is 0 Å². The molecule has 3 rings (SSSR count). The number of amides is 2. The van der Waals surface area contributed by atoms with Crippen LogP contribution < -0.4 is 10.1 Å². The Hall–Kier alpha value is -3.86. The van der Waals surface area contributed by atoms with E-state index in [0.29, 0.717) is 50.1 Å². The number of benzene rings is 2. The lowest BCUT2D eigenvalue weighted by Gasteiger charge is -2.32. The maximum atomic E-state index is 12.6. The summed E-state index contributed by atoms with van der Waals surface area (Å²) in [5.41, 5.74) is 2.42. The first kappa shape index (κ1) is 25.8. The molecule has 8 nitrogen and oxygen atoms in total. The zero-order chi connectivity index (χ0) is 25.2. The maximum Gasteiger partial charge on any atom is 0.326 e. The van der Waals surface area contributed by atoms with E-state index in [1.807, 2.05) is 17.0 Å². The normalized spacial score (nSPS) is 14.6. The molecule has 0 radical (unpaired) electrons. The number of carboxylic acid groups (broad SMARTS) is 1. The second kappa shape index (κ2) is 12.6. The first-order valence-corrected chi connectivity index (χ1v) is 11.8. The summed E-state index contributed by atoms with van der Waals surface area (Å²) in [5.74, 6) is -0.465. The van der Waals surface area contributed by atoms with Gasteiger partial charge in [0.05, 0.1) is 18.7 Å². The molecule has 1 unspecified atom stereocenters. The van der Waals surface area contributed by atoms with Crippen molar-refractivity contribution in [1.82, 2.24) is 10.2 Å². The summed E-state index contributed by atoms with van der Waals surface area (Å²) in [6, 6.07) is 15.4. The minimum absolute atomic E-state index is 0.0858. The molecule has 8 heteroatoms. The first-order valence-electron chi connectivity index (χ1n) is 11.8. The Morgan fingerprint density at radius 1 is 1.09 bits per heavy atom. The maximum absolute atomic E-state index is 12.6. The number of ether oxygens (including phenoxy) is 1. The Labute approximate surface area is 205 Å². The van der Waals surface area contributed by atoms with Gasteiger partial charge in [0.15, 0.2) is 0 Å². The molecule has 1 atom stereocenters. The Morgan fingerprint density at radius 2 is 1.71 bits per heavy atom. The van der Waals surface area contributed by atoms with Crippen LogP contribution in [0.4, 0.5) is 0 Å². The van der Waals surface area contributed by atoms with Gasteiger partial charge < -0.3 is 20.1 Å². The lowest BCUT2D eigenvalue weighted by atomic mass is 9.92. The second-order valence-corrected chi connectivity index (χ2v) is 8.85. The number of carboxylic acids is 1. The number of hydrogen-bond donors (Lipinski definition) is 2. The number of aryl methyl sites for hydroxylation is 1. The molecule has 2 amide bonds. The number of carbonyl (C=O) groups excluding carboxylic acids is 2. The molecule has 1 heterocycles. The van der Waals surface area contributed by atoms with Crippen molar-refractivity contribution < 1.29 is 24.2 Å². The van der Waals surface area contributed by atoms with Gasteiger partial charge in [0.1, 0.15) is 11.8 Å². The molecule has 0 aliphatic carbocycles. The van der Waals surface area contributed by atoms with Gasteiger partial charge in [0.2, 0.25) is 11.8 Å². The minimum Gasteiger partial charge on any atom is -0.497 e. The predicted molar refractivity (Wildman–Crippen MR) is 130 cm³/mol. The molecule has 2 aromatic carbocycles. The van der Waals surface area contributed by atoms with Gasteiger partial charge in [-0.1, -0.05) is 24.3 Å². The number of aliphatic carboxylic acids is 1. The third-order valence-electron chi connectivity index (χ3n) is 6.38. The Bertz CT molecular complexity index is 1050. The van der Waals surface area contributed by atoms with Crippen LogP contribution in [0, 0.1) is 17.2 Å². The molecule has 184 valence electrons. The zero-order valence-corrected chi connectivity index (χ0v) is 19.9. The molecule has 0 aromatic heterocycles. The fraction of sp³-hybridized carbons (Fsp3) is 0.407. The van der Waals surface area contributed by atoms with Gasteiger partial charge in [-0.25, -0.2) is 4.79 Å². The summed E-state index contributed by atoms with van der Waals surface area (Å²) in [7, 11) is 1.56. The SMILES string of the molecule is COc1ccc(CC(NC(=O)CC2CCN(C(=O)CCc3ccc(C#N)cc3)CC2)C(=O)O)cc1. The quantitative estimate of drug-likeness (QED) is 0.543. The number of methoxy groups -OCH3 is 1. The number of nitrogens with one attached hydrogen (secondary N) is 1. The van der Waals surface area contributed by atoms with Crippen LogP contribution in [-0.4, -0.2) is 54.0 Å². The molecular formula is C27H31N3O5. The highest BCUT2D eigenvalue weighted by Crippen LogP contribution is 2.22. The third-order valence-corrected chi connectivity index (χ3v) is 6.38. The smallest absolute Gasteiger partial charge is 0.326 e. The minimum atomic E-state index is -1.07. The average molecular weight is 478 g/mol. The number of nitriles is 1. The molecule has 1 aliphatic heterocycles. The molecule has 35 heavy (non-hydrogen) atoms. The second-order valence-electron chi connectivity index (χ2n) is 8.85. The molecule has 2 aromatic rings. The van der Waals surface area contributed by atoms with Crippen LogP contribution in [0.3, 0.4) is 0 Å². The number of likely N-dealkylation sites (tertiary alicyclic amines) is 1. The van der Waals surface area contributed by atoms with Crippen molar-refractivity contribution in [2.24, 2.45) is 5.92 Å². The monoisotopic (exact) mass is 477 g/mol. The van der Waals surface area contributed by atoms with Gasteiger partial charge in [0.25, 0.3) is 0 Å². The summed E-state index contributed by atoms with van der Waals surface area (Å²) in [6.07, 6.45) is 2.90. The highest BCUT2D eigenvalue weighted by Gasteiger charge is 2.26. The van der Waals surface area contributed by atoms with E-state index in [1.54, 1.807) is 43.5 Å². The molecule has 2 N–H and O–H groups in total. The van der Waals surface area contributed by atoms with E-state index in [-0.39, 0.29) is 30.6 Å². The topological polar surface area (TPSA) is 120 Å². The van der Waals surface area contributed by atoms with Gasteiger partial charge in [-0.15, -0.1) is 0 Å². The third kappa shape index (κ3) is 7.85. The fourth-order valence-electron chi connectivity index (χ4n) is 4.25. The Morgan fingerprint density at radius 3 is 2.29 bits per heavy atom. The largest absolute Gasteiger partial charge is 0.497 e. The van der Waals surface area contributed by atoms with Crippen molar-refractivity contribution in [3.8, 4) is 11.8 Å². The number of carbonyl (C=O) groups is 3. The lowest BCUT2D eigenvalue weighted by Crippen LogP contribution is -2.44. The van der Waals surface area contributed by atoms with Crippen molar-refractivity contribution in [3.05, 3.63) is 65.2 Å². The zero-order valence-electron chi connectivity index (χ0n) is 19.9. The predicted octanol–water partition coefficient (Wildman–Crippen LogP) is 2.94. The van der Waals surface area contributed by atoms with Crippen LogP contribution >= 0.6 is 0 Å². The van der Waals surface area contributed by atoms with Crippen molar-refractivity contribution in [2.75, 3.05) is 20.2 Å². The summed E-state index contributed by atoms with van der Waals surface area (Å²) in [4.78, 5) is 38.6. The number of rotatable bonds is 10. The number of piperidine rings is 1. The van der Waals surface area contributed by atoms with Crippen LogP contribution in [0.25, 0.3) is 0 Å². The Kier molecular flexibility index (Phi) is 9.24. The number of hydrogen-bond acceptors (Lipinski definition) is 5. The van der Waals surface area contributed by atoms with E-state index < -0.39 is 12.0 Å². The average Bonchev–Trinajstić information content (AvgIpc) is 2.88. The molecule has 1 saturated heterocycles. The van der Waals surface area contributed by atoms with Gasteiger partial charge >= 0.3 is 5.97 Å².